The molecule has 0 atom stereocenters. The third-order valence-electron chi connectivity index (χ3n) is 4.79. The minimum absolute atomic E-state index is 0.128. The number of fused-ring (bicyclic) bond motifs is 1. The molecule has 1 heterocycles. The summed E-state index contributed by atoms with van der Waals surface area (Å²) in [4.78, 5) is 10.4. The predicted octanol–water partition coefficient (Wildman–Crippen LogP) is 3.56. The Morgan fingerprint density at radius 2 is 1.92 bits per heavy atom. The van der Waals surface area contributed by atoms with Crippen LogP contribution in [0.2, 0.25) is 0 Å². The quantitative estimate of drug-likeness (QED) is 0.454. The van der Waals surface area contributed by atoms with Crippen LogP contribution in [0, 0.1) is 21.4 Å². The highest BCUT2D eigenvalue weighted by Crippen LogP contribution is 2.64. The molecular weight excluding hydrogens is 322 g/mol. The molecule has 130 valence electrons. The average molecular weight is 341 g/mol. The van der Waals surface area contributed by atoms with Gasteiger partial charge < -0.3 is 10.2 Å². The van der Waals surface area contributed by atoms with E-state index in [0.717, 1.165) is 25.7 Å². The van der Waals surface area contributed by atoms with Gasteiger partial charge in [0.1, 0.15) is 5.41 Å². The molecule has 1 aliphatic rings. The summed E-state index contributed by atoms with van der Waals surface area (Å²) in [6.07, 6.45) is 3.98. The fraction of sp³-hybridized carbons (Fsp3) is 0.389. The van der Waals surface area contributed by atoms with E-state index in [4.69, 9.17) is 0 Å². The molecule has 3 rings (SSSR count). The van der Waals surface area contributed by atoms with Crippen molar-refractivity contribution < 1.29 is 15.1 Å². The molecule has 1 aliphatic carbocycles. The smallest absolute Gasteiger partial charge is 0.269 e. The zero-order chi connectivity index (χ0) is 18.2. The summed E-state index contributed by atoms with van der Waals surface area (Å²) in [5.74, 6) is -0.255. The Morgan fingerprint density at radius 3 is 2.48 bits per heavy atom. The highest BCUT2D eigenvalue weighted by atomic mass is 16.6. The molecule has 0 bridgehead atoms. The van der Waals surface area contributed by atoms with Gasteiger partial charge >= 0.3 is 0 Å². The first-order valence-electron chi connectivity index (χ1n) is 8.30. The fourth-order valence-corrected chi connectivity index (χ4v) is 3.44. The molecule has 25 heavy (non-hydrogen) atoms. The Balaban J connectivity index is 1.93. The first-order chi connectivity index (χ1) is 12.0. The van der Waals surface area contributed by atoms with E-state index >= 15 is 0 Å². The van der Waals surface area contributed by atoms with Gasteiger partial charge in [-0.3, -0.25) is 14.7 Å². The molecule has 0 unspecified atom stereocenters. The second-order valence-electron chi connectivity index (χ2n) is 6.28. The molecule has 1 aromatic heterocycles. The van der Waals surface area contributed by atoms with Crippen LogP contribution in [0.25, 0.3) is 0 Å². The molecule has 0 radical (unpaired) electrons. The van der Waals surface area contributed by atoms with Gasteiger partial charge in [0.25, 0.3) is 5.69 Å². The lowest BCUT2D eigenvalue weighted by atomic mass is 9.92. The molecule has 2 N–H and O–H groups in total. The Labute approximate surface area is 144 Å². The van der Waals surface area contributed by atoms with Gasteiger partial charge in [-0.05, 0) is 12.0 Å². The van der Waals surface area contributed by atoms with Crippen molar-refractivity contribution in [2.24, 2.45) is 0 Å². The maximum Gasteiger partial charge on any atom is 0.269 e. The SMILES string of the molecule is CCCCCCn1c(O)c2c(c1O)C2(C#N)c1cccc([N+](=O)[O-])c1. The topological polar surface area (TPSA) is 112 Å². The van der Waals surface area contributed by atoms with Gasteiger partial charge in [0, 0.05) is 18.7 Å². The molecule has 0 amide bonds. The number of nitrogens with zero attached hydrogens (tertiary/aromatic N) is 3. The monoisotopic (exact) mass is 341 g/mol. The van der Waals surface area contributed by atoms with E-state index in [1.54, 1.807) is 6.07 Å². The van der Waals surface area contributed by atoms with Crippen molar-refractivity contribution in [3.63, 3.8) is 0 Å². The van der Waals surface area contributed by atoms with E-state index < -0.39 is 10.3 Å². The molecule has 0 fully saturated rings. The summed E-state index contributed by atoms with van der Waals surface area (Å²) >= 11 is 0. The van der Waals surface area contributed by atoms with Gasteiger partial charge in [0.15, 0.2) is 11.8 Å². The molecular formula is C18H19N3O4. The van der Waals surface area contributed by atoms with E-state index in [1.165, 1.54) is 22.8 Å². The number of unbranched alkanes of at least 4 members (excludes halogenated alkanes) is 3. The zero-order valence-corrected chi connectivity index (χ0v) is 13.9. The lowest BCUT2D eigenvalue weighted by Gasteiger charge is -2.15. The minimum Gasteiger partial charge on any atom is -0.494 e. The first-order valence-corrected chi connectivity index (χ1v) is 8.30. The largest absolute Gasteiger partial charge is 0.494 e. The highest BCUT2D eigenvalue weighted by Gasteiger charge is 2.61. The van der Waals surface area contributed by atoms with Crippen LogP contribution in [-0.4, -0.2) is 19.7 Å². The summed E-state index contributed by atoms with van der Waals surface area (Å²) in [5, 5.41) is 41.6. The Bertz CT molecular complexity index is 852. The van der Waals surface area contributed by atoms with Gasteiger partial charge in [-0.15, -0.1) is 0 Å². The predicted molar refractivity (Wildman–Crippen MR) is 90.5 cm³/mol. The number of non-ortho nitro benzene ring substituents is 1. The number of rotatable bonds is 7. The van der Waals surface area contributed by atoms with Crippen LogP contribution in [0.5, 0.6) is 11.8 Å². The van der Waals surface area contributed by atoms with Crippen molar-refractivity contribution in [3.05, 3.63) is 51.1 Å². The molecule has 0 saturated heterocycles. The molecule has 2 aromatic rings. The number of hydrogen-bond acceptors (Lipinski definition) is 5. The van der Waals surface area contributed by atoms with E-state index in [0.29, 0.717) is 23.2 Å². The normalized spacial score (nSPS) is 13.9. The molecule has 0 aliphatic heterocycles. The summed E-state index contributed by atoms with van der Waals surface area (Å²) in [6, 6.07) is 7.86. The van der Waals surface area contributed by atoms with Crippen molar-refractivity contribution in [1.82, 2.24) is 4.57 Å². The molecule has 0 saturated carbocycles. The van der Waals surface area contributed by atoms with Crippen LogP contribution in [0.4, 0.5) is 5.69 Å². The minimum atomic E-state index is -1.29. The molecule has 0 spiro atoms. The summed E-state index contributed by atoms with van der Waals surface area (Å²) < 4.78 is 1.41. The molecule has 7 nitrogen and oxygen atoms in total. The van der Waals surface area contributed by atoms with Gasteiger partial charge in [-0.25, -0.2) is 0 Å². The van der Waals surface area contributed by atoms with Crippen LogP contribution in [-0.2, 0) is 12.0 Å². The van der Waals surface area contributed by atoms with Crippen molar-refractivity contribution in [2.75, 3.05) is 0 Å². The zero-order valence-electron chi connectivity index (χ0n) is 13.9. The van der Waals surface area contributed by atoms with Crippen LogP contribution < -0.4 is 0 Å². The van der Waals surface area contributed by atoms with Gasteiger partial charge in [-0.2, -0.15) is 5.26 Å². The maximum absolute atomic E-state index is 11.0. The Kier molecular flexibility index (Phi) is 4.13. The van der Waals surface area contributed by atoms with Gasteiger partial charge in [-0.1, -0.05) is 38.3 Å². The van der Waals surface area contributed by atoms with Crippen LogP contribution in [0.15, 0.2) is 24.3 Å². The standard InChI is InChI=1S/C18H19N3O4/c1-2-3-4-5-9-20-16(22)14-15(17(20)23)18(14,11-19)12-7-6-8-13(10-12)21(24)25/h6-8,10,22-23H,2-5,9H2,1H3. The van der Waals surface area contributed by atoms with Crippen LogP contribution in [0.1, 0.15) is 49.3 Å². The number of nitro groups is 1. The fourth-order valence-electron chi connectivity index (χ4n) is 3.44. The van der Waals surface area contributed by atoms with Crippen molar-refractivity contribution in [1.29, 1.82) is 5.26 Å². The van der Waals surface area contributed by atoms with Gasteiger partial charge in [0.2, 0.25) is 0 Å². The van der Waals surface area contributed by atoms with Crippen LogP contribution in [0.3, 0.4) is 0 Å². The van der Waals surface area contributed by atoms with Crippen molar-refractivity contribution in [2.45, 2.75) is 44.6 Å². The number of benzene rings is 1. The number of hydrogen-bond donors (Lipinski definition) is 2. The number of aromatic hydroxyl groups is 2. The van der Waals surface area contributed by atoms with Crippen molar-refractivity contribution >= 4 is 5.69 Å². The van der Waals surface area contributed by atoms with E-state index in [2.05, 4.69) is 13.0 Å². The number of nitro benzene ring substituents is 1. The average Bonchev–Trinajstić information content (AvgIpc) is 3.24. The lowest BCUT2D eigenvalue weighted by Crippen LogP contribution is -2.12. The van der Waals surface area contributed by atoms with E-state index in [1.807, 2.05) is 0 Å². The summed E-state index contributed by atoms with van der Waals surface area (Å²) in [5.41, 5.74) is -0.335. The third kappa shape index (κ3) is 2.41. The summed E-state index contributed by atoms with van der Waals surface area (Å²) in [6.45, 7) is 2.57. The van der Waals surface area contributed by atoms with Crippen LogP contribution >= 0.6 is 0 Å². The summed E-state index contributed by atoms with van der Waals surface area (Å²) in [7, 11) is 0. The second kappa shape index (κ2) is 6.13. The van der Waals surface area contributed by atoms with E-state index in [9.17, 15) is 25.6 Å². The second-order valence-corrected chi connectivity index (χ2v) is 6.28. The number of aromatic nitrogens is 1. The van der Waals surface area contributed by atoms with Gasteiger partial charge in [0.05, 0.1) is 22.1 Å². The first kappa shape index (κ1) is 16.8. The Morgan fingerprint density at radius 1 is 1.24 bits per heavy atom. The lowest BCUT2D eigenvalue weighted by molar-refractivity contribution is -0.384. The Hall–Kier alpha value is -3.01. The number of nitriles is 1. The molecule has 1 aromatic carbocycles. The van der Waals surface area contributed by atoms with Crippen molar-refractivity contribution in [3.8, 4) is 17.8 Å². The molecule has 7 heteroatoms. The highest BCUT2D eigenvalue weighted by molar-refractivity contribution is 5.81. The van der Waals surface area contributed by atoms with E-state index in [-0.39, 0.29) is 17.4 Å². The maximum atomic E-state index is 11.0. The third-order valence-corrected chi connectivity index (χ3v) is 4.79.